The Hall–Kier alpha value is -3.69. The summed E-state index contributed by atoms with van der Waals surface area (Å²) in [5.74, 6) is 1.57. The zero-order valence-electron chi connectivity index (χ0n) is 18.5. The Kier molecular flexibility index (Phi) is 3.67. The quantitative estimate of drug-likeness (QED) is 0.263. The lowest BCUT2D eigenvalue weighted by Gasteiger charge is -2.27. The molecular weight excluding hydrogens is 434 g/mol. The predicted octanol–water partition coefficient (Wildman–Crippen LogP) is 8.12. The van der Waals surface area contributed by atoms with Crippen LogP contribution in [0.2, 0.25) is 0 Å². The van der Waals surface area contributed by atoms with E-state index in [1.54, 1.807) is 0 Å². The molecule has 4 aromatic carbocycles. The van der Waals surface area contributed by atoms with Crippen molar-refractivity contribution in [2.45, 2.75) is 18.4 Å². The first-order valence-corrected chi connectivity index (χ1v) is 12.7. The molecule has 1 fully saturated rings. The van der Waals surface area contributed by atoms with Crippen LogP contribution in [0.25, 0.3) is 42.2 Å². The Bertz CT molecular complexity index is 1770. The van der Waals surface area contributed by atoms with Gasteiger partial charge >= 0.3 is 0 Å². The van der Waals surface area contributed by atoms with E-state index in [9.17, 15) is 0 Å². The Morgan fingerprint density at radius 1 is 0.853 bits per heavy atom. The number of aromatic nitrogens is 1. The van der Waals surface area contributed by atoms with Crippen LogP contribution in [0.1, 0.15) is 17.5 Å². The van der Waals surface area contributed by atoms with Gasteiger partial charge in [0.25, 0.3) is 0 Å². The van der Waals surface area contributed by atoms with Crippen molar-refractivity contribution in [2.75, 3.05) is 0 Å². The summed E-state index contributed by atoms with van der Waals surface area (Å²) in [5.41, 5.74) is 6.07. The summed E-state index contributed by atoms with van der Waals surface area (Å²) >= 11 is 1.89. The summed E-state index contributed by atoms with van der Waals surface area (Å²) in [7, 11) is 0. The summed E-state index contributed by atoms with van der Waals surface area (Å²) in [4.78, 5) is 4.47. The fraction of sp³-hybridized carbons (Fsp3) is 0.129. The van der Waals surface area contributed by atoms with E-state index >= 15 is 0 Å². The first-order chi connectivity index (χ1) is 16.8. The van der Waals surface area contributed by atoms with Crippen molar-refractivity contribution in [3.63, 3.8) is 0 Å². The fourth-order valence-electron chi connectivity index (χ4n) is 5.86. The zero-order valence-corrected chi connectivity index (χ0v) is 19.3. The van der Waals surface area contributed by atoms with Gasteiger partial charge in [-0.2, -0.15) is 0 Å². The lowest BCUT2D eigenvalue weighted by Crippen LogP contribution is -2.24. The van der Waals surface area contributed by atoms with Crippen LogP contribution in [-0.4, -0.2) is 4.98 Å². The molecule has 1 saturated carbocycles. The summed E-state index contributed by atoms with van der Waals surface area (Å²) < 4.78 is 9.45. The molecule has 0 spiro atoms. The predicted molar refractivity (Wildman–Crippen MR) is 141 cm³/mol. The Balaban J connectivity index is 1.19. The van der Waals surface area contributed by atoms with Crippen LogP contribution in [-0.2, 0) is 12.0 Å². The first kappa shape index (κ1) is 18.7. The van der Waals surface area contributed by atoms with Gasteiger partial charge in [-0.1, -0.05) is 54.6 Å². The number of hydrogen-bond acceptors (Lipinski definition) is 3. The number of fused-ring (bicyclic) bond motifs is 6. The maximum absolute atomic E-state index is 6.74. The van der Waals surface area contributed by atoms with Crippen molar-refractivity contribution in [2.24, 2.45) is 5.92 Å². The highest BCUT2D eigenvalue weighted by Gasteiger charge is 2.60. The number of rotatable bonds is 2. The maximum atomic E-state index is 6.74. The largest absolute Gasteiger partial charge is 0.482 e. The van der Waals surface area contributed by atoms with E-state index in [0.29, 0.717) is 5.92 Å². The van der Waals surface area contributed by atoms with Crippen molar-refractivity contribution in [3.05, 3.63) is 108 Å². The van der Waals surface area contributed by atoms with E-state index in [1.165, 1.54) is 47.8 Å². The molecule has 1 aliphatic heterocycles. The van der Waals surface area contributed by atoms with E-state index in [2.05, 4.69) is 89.9 Å². The molecule has 6 aromatic rings. The maximum Gasteiger partial charge on any atom is 0.138 e. The van der Waals surface area contributed by atoms with Gasteiger partial charge in [-0.15, -0.1) is 11.3 Å². The SMILES string of the molecule is c1cnc2ccc(C34CC3Cc3cc(-c5cccc6c5sc5ccccc56)ccc3O4)cc2c1. The molecule has 8 rings (SSSR count). The molecule has 0 N–H and O–H groups in total. The normalized spacial score (nSPS) is 20.8. The van der Waals surface area contributed by atoms with Crippen LogP contribution < -0.4 is 4.74 Å². The van der Waals surface area contributed by atoms with Crippen LogP contribution in [0, 0.1) is 5.92 Å². The molecule has 0 bridgehead atoms. The van der Waals surface area contributed by atoms with Gasteiger partial charge in [0.1, 0.15) is 11.4 Å². The molecule has 34 heavy (non-hydrogen) atoms. The molecule has 0 radical (unpaired) electrons. The van der Waals surface area contributed by atoms with Crippen molar-refractivity contribution in [3.8, 4) is 16.9 Å². The number of thiophene rings is 1. The standard InChI is InChI=1S/C31H21NOS/c1-2-9-29-25(6-1)26-8-3-7-24(30(26)34-29)19-10-13-28-21(15-19)17-23-18-31(23,33-28)22-11-12-27-20(16-22)5-4-14-32-27/h1-16,23H,17-18H2. The molecule has 0 saturated heterocycles. The summed E-state index contributed by atoms with van der Waals surface area (Å²) in [6.07, 6.45) is 4.00. The molecule has 1 aliphatic carbocycles. The first-order valence-electron chi connectivity index (χ1n) is 11.9. The van der Waals surface area contributed by atoms with Gasteiger partial charge in [-0.3, -0.25) is 4.98 Å². The van der Waals surface area contributed by atoms with Gasteiger partial charge in [0, 0.05) is 37.7 Å². The highest BCUT2D eigenvalue weighted by atomic mass is 32.1. The van der Waals surface area contributed by atoms with Crippen LogP contribution >= 0.6 is 11.3 Å². The summed E-state index contributed by atoms with van der Waals surface area (Å²) in [5, 5.41) is 3.87. The number of nitrogens with zero attached hydrogens (tertiary/aromatic N) is 1. The molecule has 2 nitrogen and oxygen atoms in total. The second-order valence-electron chi connectivity index (χ2n) is 9.61. The van der Waals surface area contributed by atoms with Gasteiger partial charge in [-0.05, 0) is 71.5 Å². The third kappa shape index (κ3) is 2.59. The van der Waals surface area contributed by atoms with E-state index in [1.807, 2.05) is 23.6 Å². The zero-order chi connectivity index (χ0) is 22.3. The second-order valence-corrected chi connectivity index (χ2v) is 10.7. The Labute approximate surface area is 201 Å². The molecule has 2 aliphatic rings. The number of pyridine rings is 1. The number of ether oxygens (including phenoxy) is 1. The number of hydrogen-bond donors (Lipinski definition) is 0. The molecule has 3 heteroatoms. The van der Waals surface area contributed by atoms with E-state index < -0.39 is 0 Å². The van der Waals surface area contributed by atoms with Gasteiger partial charge in [0.15, 0.2) is 0 Å². The monoisotopic (exact) mass is 455 g/mol. The van der Waals surface area contributed by atoms with Crippen LogP contribution in [0.3, 0.4) is 0 Å². The highest BCUT2D eigenvalue weighted by Crippen LogP contribution is 2.60. The van der Waals surface area contributed by atoms with Crippen molar-refractivity contribution < 1.29 is 4.74 Å². The molecule has 0 amide bonds. The molecule has 2 aromatic heterocycles. The second kappa shape index (κ2) is 6.68. The van der Waals surface area contributed by atoms with Gasteiger partial charge < -0.3 is 4.74 Å². The minimum Gasteiger partial charge on any atom is -0.482 e. The topological polar surface area (TPSA) is 22.1 Å². The summed E-state index contributed by atoms with van der Waals surface area (Å²) in [6, 6.07) is 32.9. The smallest absolute Gasteiger partial charge is 0.138 e. The summed E-state index contributed by atoms with van der Waals surface area (Å²) in [6.45, 7) is 0. The third-order valence-electron chi connectivity index (χ3n) is 7.67. The molecule has 2 atom stereocenters. The molecule has 162 valence electrons. The van der Waals surface area contributed by atoms with Crippen LogP contribution in [0.5, 0.6) is 5.75 Å². The van der Waals surface area contributed by atoms with Crippen molar-refractivity contribution >= 4 is 42.4 Å². The molecule has 3 heterocycles. The van der Waals surface area contributed by atoms with E-state index in [0.717, 1.165) is 24.1 Å². The average Bonchev–Trinajstić information content (AvgIpc) is 3.48. The Morgan fingerprint density at radius 3 is 2.79 bits per heavy atom. The van der Waals surface area contributed by atoms with Crippen molar-refractivity contribution in [1.82, 2.24) is 4.98 Å². The van der Waals surface area contributed by atoms with E-state index in [4.69, 9.17) is 4.74 Å². The van der Waals surface area contributed by atoms with Gasteiger partial charge in [-0.25, -0.2) is 0 Å². The number of benzene rings is 4. The van der Waals surface area contributed by atoms with Crippen LogP contribution in [0.15, 0.2) is 97.2 Å². The Morgan fingerprint density at radius 2 is 1.79 bits per heavy atom. The minimum atomic E-state index is -0.177. The van der Waals surface area contributed by atoms with Gasteiger partial charge in [0.2, 0.25) is 0 Å². The third-order valence-corrected chi connectivity index (χ3v) is 8.89. The highest BCUT2D eigenvalue weighted by molar-refractivity contribution is 7.26. The lowest BCUT2D eigenvalue weighted by molar-refractivity contribution is 0.146. The van der Waals surface area contributed by atoms with Gasteiger partial charge in [0.05, 0.1) is 5.52 Å². The van der Waals surface area contributed by atoms with Crippen molar-refractivity contribution in [1.29, 1.82) is 0 Å². The fourth-order valence-corrected chi connectivity index (χ4v) is 7.10. The lowest BCUT2D eigenvalue weighted by atomic mass is 9.93. The molecular formula is C31H21NOS. The minimum absolute atomic E-state index is 0.177. The van der Waals surface area contributed by atoms with E-state index in [-0.39, 0.29) is 5.60 Å². The average molecular weight is 456 g/mol. The van der Waals surface area contributed by atoms with Crippen LogP contribution in [0.4, 0.5) is 0 Å². The molecule has 2 unspecified atom stereocenters.